The molecule has 2 heterocycles. The van der Waals surface area contributed by atoms with Crippen molar-refractivity contribution in [2.75, 3.05) is 9.36 Å². The van der Waals surface area contributed by atoms with Crippen LogP contribution < -0.4 is 17.2 Å². The molecule has 0 N–H and O–H groups in total. The van der Waals surface area contributed by atoms with E-state index in [1.807, 2.05) is 0 Å². The molecule has 2 heteroatoms. The van der Waals surface area contributed by atoms with Crippen molar-refractivity contribution in [3.05, 3.63) is 0 Å². The van der Waals surface area contributed by atoms with Crippen LogP contribution in [0.5, 0.6) is 0 Å². The standard InChI is InChI=1S/C8H15I2/c1-8-4-3-6-9-10(8,2)7-5-8/h7H,3-6H2,1-2H3/q-1/t8-/m0/s1. The first-order valence-electron chi connectivity index (χ1n) is 3.81. The number of alkyl halides is 3. The summed E-state index contributed by atoms with van der Waals surface area (Å²) in [7, 11) is 0. The molecule has 62 valence electrons. The monoisotopic (exact) mass is 365 g/mol. The van der Waals surface area contributed by atoms with Gasteiger partial charge in [0.05, 0.1) is 0 Å². The number of hydrogen-bond acceptors (Lipinski definition) is 0. The molecule has 1 saturated heterocycles. The molecule has 0 aromatic rings. The van der Waals surface area contributed by atoms with Crippen LogP contribution in [0, 0.1) is 0 Å². The molecule has 0 radical (unpaired) electrons. The minimum atomic E-state index is -1.06. The Labute approximate surface area is 73.4 Å². The van der Waals surface area contributed by atoms with E-state index in [9.17, 15) is 0 Å². The minimum absolute atomic E-state index is 0.690. The second-order valence-electron chi connectivity index (χ2n) is 3.48. The summed E-state index contributed by atoms with van der Waals surface area (Å²) in [4.78, 5) is 2.67. The Kier molecular flexibility index (Phi) is 1.91. The van der Waals surface area contributed by atoms with Crippen molar-refractivity contribution in [3.63, 3.8) is 0 Å². The zero-order chi connectivity index (χ0) is 7.24. The maximum atomic E-state index is 2.76. The summed E-state index contributed by atoms with van der Waals surface area (Å²) in [5, 5.41) is 0. The summed E-state index contributed by atoms with van der Waals surface area (Å²) in [6.07, 6.45) is 4.63. The van der Waals surface area contributed by atoms with Gasteiger partial charge in [-0.1, -0.05) is 0 Å². The second kappa shape index (κ2) is 2.41. The summed E-state index contributed by atoms with van der Waals surface area (Å²) in [5.74, 6) is 0. The van der Waals surface area contributed by atoms with Gasteiger partial charge in [0, 0.05) is 0 Å². The van der Waals surface area contributed by atoms with E-state index in [2.05, 4.69) is 15.9 Å². The molecule has 0 saturated carbocycles. The van der Waals surface area contributed by atoms with Crippen LogP contribution in [0.2, 0.25) is 0 Å². The van der Waals surface area contributed by atoms with E-state index in [1.165, 1.54) is 6.42 Å². The first-order valence-corrected chi connectivity index (χ1v) is 16.1. The molecule has 0 bridgehead atoms. The molecule has 0 nitrogen and oxygen atoms in total. The van der Waals surface area contributed by atoms with Gasteiger partial charge in [0.2, 0.25) is 0 Å². The summed E-state index contributed by atoms with van der Waals surface area (Å²) in [6, 6.07) is 0. The molecular weight excluding hydrogens is 350 g/mol. The molecule has 10 heavy (non-hydrogen) atoms. The van der Waals surface area contributed by atoms with E-state index in [0.717, 1.165) is 3.42 Å². The molecular formula is C8H15I2-. The Bertz CT molecular complexity index is 207. The van der Waals surface area contributed by atoms with Crippen molar-refractivity contribution >= 4 is 18.0 Å². The predicted molar refractivity (Wildman–Crippen MR) is 53.1 cm³/mol. The fourth-order valence-electron chi connectivity index (χ4n) is 1.64. The summed E-state index contributed by atoms with van der Waals surface area (Å²) >= 11 is -0.375. The third-order valence-electron chi connectivity index (χ3n) is 2.80. The van der Waals surface area contributed by atoms with E-state index >= 15 is 0 Å². The first-order chi connectivity index (χ1) is 4.66. The van der Waals surface area contributed by atoms with Gasteiger partial charge in [-0.25, -0.2) is 0 Å². The molecule has 2 aliphatic rings. The average Bonchev–Trinajstić information content (AvgIpc) is 1.92. The van der Waals surface area contributed by atoms with Gasteiger partial charge in [0.15, 0.2) is 0 Å². The van der Waals surface area contributed by atoms with Gasteiger partial charge < -0.3 is 0 Å². The van der Waals surface area contributed by atoms with Gasteiger partial charge in [-0.05, 0) is 0 Å². The van der Waals surface area contributed by atoms with E-state index in [0.29, 0.717) is 17.2 Å². The first kappa shape index (κ1) is 7.95. The van der Waals surface area contributed by atoms with Crippen molar-refractivity contribution in [2.45, 2.75) is 29.6 Å². The number of halogens is 2. The topological polar surface area (TPSA) is 0 Å². The van der Waals surface area contributed by atoms with Crippen LogP contribution >= 0.6 is 14.0 Å². The van der Waals surface area contributed by atoms with Gasteiger partial charge >= 0.3 is 74.2 Å². The quantitative estimate of drug-likeness (QED) is 0.398. The molecule has 0 amide bonds. The fourth-order valence-corrected chi connectivity index (χ4v) is 26.1. The Morgan fingerprint density at radius 1 is 1.60 bits per heavy atom. The Hall–Kier alpha value is 1.33. The van der Waals surface area contributed by atoms with Crippen LogP contribution in [0.3, 0.4) is 0 Å². The maximum absolute atomic E-state index is 2.76. The molecule has 0 aliphatic carbocycles. The van der Waals surface area contributed by atoms with E-state index < -0.39 is 14.0 Å². The Balaban J connectivity index is 2.32. The SMILES string of the molecule is C[C@]12CC=I1(C)[I-]CCC2. The third-order valence-corrected chi connectivity index (χ3v) is 32.9. The summed E-state index contributed by atoms with van der Waals surface area (Å²) in [6.45, 7) is 2.57. The number of rotatable bonds is 0. The molecule has 0 spiro atoms. The van der Waals surface area contributed by atoms with Crippen molar-refractivity contribution in [3.8, 4) is 0 Å². The summed E-state index contributed by atoms with van der Waals surface area (Å²) in [5.41, 5.74) is 0. The fraction of sp³-hybridized carbons (Fsp3) is 0.875. The third kappa shape index (κ3) is 0.934. The van der Waals surface area contributed by atoms with E-state index in [-0.39, 0.29) is 0 Å². The van der Waals surface area contributed by atoms with Crippen LogP contribution in [-0.2, 0) is 0 Å². The van der Waals surface area contributed by atoms with Crippen molar-refractivity contribution in [1.82, 2.24) is 0 Å². The summed E-state index contributed by atoms with van der Waals surface area (Å²) < 4.78 is 5.34. The normalized spacial score (nSPS) is 59.8. The molecule has 2 atom stereocenters. The Morgan fingerprint density at radius 2 is 2.40 bits per heavy atom. The van der Waals surface area contributed by atoms with Crippen LogP contribution in [0.1, 0.15) is 26.2 Å². The van der Waals surface area contributed by atoms with E-state index in [1.54, 1.807) is 17.3 Å². The molecule has 0 aromatic heterocycles. The van der Waals surface area contributed by atoms with Crippen LogP contribution in [0.25, 0.3) is 0 Å². The zero-order valence-corrected chi connectivity index (χ0v) is 11.0. The number of fused-ring (bicyclic) bond motifs is 1. The number of hydrogen-bond donors (Lipinski definition) is 0. The molecule has 0 aromatic carbocycles. The van der Waals surface area contributed by atoms with Gasteiger partial charge in [-0.3, -0.25) is 0 Å². The average molecular weight is 365 g/mol. The van der Waals surface area contributed by atoms with Crippen molar-refractivity contribution < 1.29 is 17.2 Å². The zero-order valence-electron chi connectivity index (χ0n) is 6.66. The van der Waals surface area contributed by atoms with Crippen LogP contribution in [0.15, 0.2) is 0 Å². The molecule has 1 unspecified atom stereocenters. The van der Waals surface area contributed by atoms with Crippen LogP contribution in [0.4, 0.5) is 0 Å². The van der Waals surface area contributed by atoms with E-state index in [4.69, 9.17) is 0 Å². The van der Waals surface area contributed by atoms with Gasteiger partial charge in [0.25, 0.3) is 0 Å². The molecule has 2 rings (SSSR count). The van der Waals surface area contributed by atoms with Crippen LogP contribution in [-0.4, -0.2) is 16.8 Å². The van der Waals surface area contributed by atoms with Gasteiger partial charge in [-0.2, -0.15) is 0 Å². The predicted octanol–water partition coefficient (Wildman–Crippen LogP) is -0.579. The van der Waals surface area contributed by atoms with Gasteiger partial charge in [0.1, 0.15) is 0 Å². The second-order valence-corrected chi connectivity index (χ2v) is 28.5. The Morgan fingerprint density at radius 3 is 2.70 bits per heavy atom. The van der Waals surface area contributed by atoms with Crippen molar-refractivity contribution in [2.24, 2.45) is 0 Å². The van der Waals surface area contributed by atoms with Crippen molar-refractivity contribution in [1.29, 1.82) is 0 Å². The molecule has 1 fully saturated rings. The van der Waals surface area contributed by atoms with Gasteiger partial charge in [-0.15, -0.1) is 0 Å². The molecule has 2 aliphatic heterocycles.